The SMILES string of the molecule is CCOc1cc(/C=C/c2ccncc2)ccc1OC(=O)C1CCCCC1. The molecule has 1 aliphatic carbocycles. The summed E-state index contributed by atoms with van der Waals surface area (Å²) in [6.07, 6.45) is 12.8. The number of carbonyl (C=O) groups is 1. The summed E-state index contributed by atoms with van der Waals surface area (Å²) >= 11 is 0. The molecule has 136 valence electrons. The van der Waals surface area contributed by atoms with Crippen LogP contribution in [0, 0.1) is 5.92 Å². The summed E-state index contributed by atoms with van der Waals surface area (Å²) in [5, 5.41) is 0. The van der Waals surface area contributed by atoms with E-state index in [9.17, 15) is 4.79 Å². The summed E-state index contributed by atoms with van der Waals surface area (Å²) in [6.45, 7) is 2.44. The summed E-state index contributed by atoms with van der Waals surface area (Å²) in [4.78, 5) is 16.4. The molecule has 0 N–H and O–H groups in total. The molecule has 26 heavy (non-hydrogen) atoms. The van der Waals surface area contributed by atoms with Crippen molar-refractivity contribution < 1.29 is 14.3 Å². The molecular weight excluding hydrogens is 326 g/mol. The van der Waals surface area contributed by atoms with Crippen molar-refractivity contribution in [1.82, 2.24) is 4.98 Å². The second-order valence-electron chi connectivity index (χ2n) is 6.51. The summed E-state index contributed by atoms with van der Waals surface area (Å²) in [7, 11) is 0. The Morgan fingerprint density at radius 3 is 2.50 bits per heavy atom. The van der Waals surface area contributed by atoms with Crippen LogP contribution in [0.3, 0.4) is 0 Å². The van der Waals surface area contributed by atoms with E-state index in [0.29, 0.717) is 18.1 Å². The topological polar surface area (TPSA) is 48.4 Å². The third kappa shape index (κ3) is 4.94. The Hall–Kier alpha value is -2.62. The number of rotatable bonds is 6. The van der Waals surface area contributed by atoms with E-state index in [1.54, 1.807) is 12.4 Å². The number of carbonyl (C=O) groups excluding carboxylic acids is 1. The van der Waals surface area contributed by atoms with Crippen LogP contribution in [0.1, 0.15) is 50.2 Å². The van der Waals surface area contributed by atoms with Crippen LogP contribution >= 0.6 is 0 Å². The quantitative estimate of drug-likeness (QED) is 0.534. The molecule has 1 aromatic carbocycles. The lowest BCUT2D eigenvalue weighted by Crippen LogP contribution is -2.23. The van der Waals surface area contributed by atoms with Crippen molar-refractivity contribution in [3.63, 3.8) is 0 Å². The van der Waals surface area contributed by atoms with E-state index < -0.39 is 0 Å². The zero-order chi connectivity index (χ0) is 18.2. The Morgan fingerprint density at radius 2 is 1.77 bits per heavy atom. The van der Waals surface area contributed by atoms with E-state index >= 15 is 0 Å². The van der Waals surface area contributed by atoms with Crippen LogP contribution in [0.5, 0.6) is 11.5 Å². The fourth-order valence-corrected chi connectivity index (χ4v) is 3.18. The van der Waals surface area contributed by atoms with Crippen LogP contribution in [-0.2, 0) is 4.79 Å². The second-order valence-corrected chi connectivity index (χ2v) is 6.51. The fourth-order valence-electron chi connectivity index (χ4n) is 3.18. The van der Waals surface area contributed by atoms with E-state index in [2.05, 4.69) is 4.98 Å². The molecule has 1 aromatic heterocycles. The van der Waals surface area contributed by atoms with Crippen molar-refractivity contribution in [3.05, 3.63) is 53.9 Å². The Bertz CT molecular complexity index is 749. The molecule has 0 radical (unpaired) electrons. The summed E-state index contributed by atoms with van der Waals surface area (Å²) < 4.78 is 11.4. The molecular formula is C22H25NO3. The Morgan fingerprint density at radius 1 is 1.04 bits per heavy atom. The molecule has 0 unspecified atom stereocenters. The van der Waals surface area contributed by atoms with Gasteiger partial charge >= 0.3 is 5.97 Å². The molecule has 1 aliphatic rings. The van der Waals surface area contributed by atoms with Gasteiger partial charge < -0.3 is 9.47 Å². The molecule has 0 bridgehead atoms. The molecule has 1 saturated carbocycles. The number of esters is 1. The first-order valence-electron chi connectivity index (χ1n) is 9.33. The lowest BCUT2D eigenvalue weighted by Gasteiger charge is -2.20. The molecule has 0 aliphatic heterocycles. The minimum atomic E-state index is -0.134. The van der Waals surface area contributed by atoms with E-state index in [1.807, 2.05) is 49.4 Å². The molecule has 3 rings (SSSR count). The monoisotopic (exact) mass is 351 g/mol. The van der Waals surface area contributed by atoms with Gasteiger partial charge in [0, 0.05) is 12.4 Å². The fraction of sp³-hybridized carbons (Fsp3) is 0.364. The third-order valence-corrected chi connectivity index (χ3v) is 4.59. The maximum Gasteiger partial charge on any atom is 0.314 e. The van der Waals surface area contributed by atoms with Gasteiger partial charge in [0.15, 0.2) is 11.5 Å². The second kappa shape index (κ2) is 9.18. The van der Waals surface area contributed by atoms with Crippen LogP contribution in [0.15, 0.2) is 42.7 Å². The number of hydrogen-bond acceptors (Lipinski definition) is 4. The first kappa shape index (κ1) is 18.2. The number of ether oxygens (including phenoxy) is 2. The van der Waals surface area contributed by atoms with Gasteiger partial charge in [0.1, 0.15) is 0 Å². The summed E-state index contributed by atoms with van der Waals surface area (Å²) in [5.74, 6) is 0.993. The van der Waals surface area contributed by atoms with Gasteiger partial charge in [-0.25, -0.2) is 0 Å². The molecule has 4 heteroatoms. The molecule has 0 saturated heterocycles. The summed E-state index contributed by atoms with van der Waals surface area (Å²) in [6, 6.07) is 9.55. The molecule has 0 spiro atoms. The predicted octanol–water partition coefficient (Wildman–Crippen LogP) is 5.14. The third-order valence-electron chi connectivity index (χ3n) is 4.59. The first-order chi connectivity index (χ1) is 12.8. The van der Waals surface area contributed by atoms with Gasteiger partial charge in [0.2, 0.25) is 0 Å². The molecule has 0 amide bonds. The van der Waals surface area contributed by atoms with Crippen molar-refractivity contribution in [3.8, 4) is 11.5 Å². The number of nitrogens with zero attached hydrogens (tertiary/aromatic N) is 1. The largest absolute Gasteiger partial charge is 0.490 e. The zero-order valence-electron chi connectivity index (χ0n) is 15.2. The van der Waals surface area contributed by atoms with Crippen molar-refractivity contribution >= 4 is 18.1 Å². The number of pyridine rings is 1. The van der Waals surface area contributed by atoms with Crippen molar-refractivity contribution in [2.75, 3.05) is 6.61 Å². The van der Waals surface area contributed by atoms with Gasteiger partial charge in [0.05, 0.1) is 12.5 Å². The first-order valence-corrected chi connectivity index (χ1v) is 9.33. The smallest absolute Gasteiger partial charge is 0.314 e. The summed E-state index contributed by atoms with van der Waals surface area (Å²) in [5.41, 5.74) is 2.06. The molecule has 4 nitrogen and oxygen atoms in total. The number of hydrogen-bond donors (Lipinski definition) is 0. The van der Waals surface area contributed by atoms with Gasteiger partial charge in [-0.15, -0.1) is 0 Å². The van der Waals surface area contributed by atoms with Crippen LogP contribution < -0.4 is 9.47 Å². The molecule has 1 fully saturated rings. The number of benzene rings is 1. The van der Waals surface area contributed by atoms with Crippen LogP contribution in [0.25, 0.3) is 12.2 Å². The lowest BCUT2D eigenvalue weighted by atomic mass is 9.89. The van der Waals surface area contributed by atoms with Crippen molar-refractivity contribution in [2.24, 2.45) is 5.92 Å². The van der Waals surface area contributed by atoms with E-state index in [4.69, 9.17) is 9.47 Å². The Labute approximate surface area is 154 Å². The molecule has 0 atom stereocenters. The van der Waals surface area contributed by atoms with Gasteiger partial charge in [0.25, 0.3) is 0 Å². The highest BCUT2D eigenvalue weighted by Gasteiger charge is 2.24. The van der Waals surface area contributed by atoms with Crippen molar-refractivity contribution in [1.29, 1.82) is 0 Å². The van der Waals surface area contributed by atoms with Gasteiger partial charge in [-0.3, -0.25) is 9.78 Å². The average molecular weight is 351 g/mol. The van der Waals surface area contributed by atoms with E-state index in [0.717, 1.165) is 36.8 Å². The van der Waals surface area contributed by atoms with E-state index in [-0.39, 0.29) is 11.9 Å². The van der Waals surface area contributed by atoms with Gasteiger partial charge in [-0.1, -0.05) is 37.5 Å². The maximum absolute atomic E-state index is 12.4. The minimum Gasteiger partial charge on any atom is -0.490 e. The molecule has 1 heterocycles. The number of aromatic nitrogens is 1. The average Bonchev–Trinajstić information content (AvgIpc) is 2.69. The predicted molar refractivity (Wildman–Crippen MR) is 103 cm³/mol. The zero-order valence-corrected chi connectivity index (χ0v) is 15.2. The maximum atomic E-state index is 12.4. The Kier molecular flexibility index (Phi) is 6.42. The standard InChI is InChI=1S/C22H25NO3/c1-2-25-21-16-18(9-8-17-12-14-23-15-13-17)10-11-20(21)26-22(24)19-6-4-3-5-7-19/h8-16,19H,2-7H2,1H3/b9-8+. The minimum absolute atomic E-state index is 0.0180. The van der Waals surface area contributed by atoms with Crippen LogP contribution in [0.4, 0.5) is 0 Å². The van der Waals surface area contributed by atoms with Crippen LogP contribution in [0.2, 0.25) is 0 Å². The van der Waals surface area contributed by atoms with Gasteiger partial charge in [-0.05, 0) is 55.2 Å². The lowest BCUT2D eigenvalue weighted by molar-refractivity contribution is -0.140. The molecule has 2 aromatic rings. The van der Waals surface area contributed by atoms with Crippen molar-refractivity contribution in [2.45, 2.75) is 39.0 Å². The van der Waals surface area contributed by atoms with Crippen LogP contribution in [-0.4, -0.2) is 17.6 Å². The normalized spacial score (nSPS) is 15.1. The highest BCUT2D eigenvalue weighted by molar-refractivity contribution is 5.77. The van der Waals surface area contributed by atoms with E-state index in [1.165, 1.54) is 6.42 Å². The van der Waals surface area contributed by atoms with Gasteiger partial charge in [-0.2, -0.15) is 0 Å². The Balaban J connectivity index is 1.73. The highest BCUT2D eigenvalue weighted by Crippen LogP contribution is 2.32. The highest BCUT2D eigenvalue weighted by atomic mass is 16.6.